The highest BCUT2D eigenvalue weighted by Crippen LogP contribution is 2.52. The molecule has 3 aliphatic heterocycles. The molecule has 25 heavy (non-hydrogen) atoms. The molecule has 3 aliphatic rings. The molecule has 0 unspecified atom stereocenters. The van der Waals surface area contributed by atoms with Crippen molar-refractivity contribution in [3.05, 3.63) is 23.3 Å². The molecule has 2 saturated heterocycles. The zero-order valence-electron chi connectivity index (χ0n) is 14.5. The number of likely N-dealkylation sites (tertiary alicyclic amines) is 1. The second-order valence-electron chi connectivity index (χ2n) is 6.57. The summed E-state index contributed by atoms with van der Waals surface area (Å²) < 4.78 is 10.8. The van der Waals surface area contributed by atoms with Crippen molar-refractivity contribution < 1.29 is 19.1 Å². The molecule has 0 saturated carbocycles. The van der Waals surface area contributed by atoms with Crippen LogP contribution in [-0.2, 0) is 4.79 Å². The van der Waals surface area contributed by atoms with E-state index in [2.05, 4.69) is 0 Å². The Morgan fingerprint density at radius 1 is 1.16 bits per heavy atom. The summed E-state index contributed by atoms with van der Waals surface area (Å²) in [5.41, 5.74) is 1.46. The van der Waals surface area contributed by atoms with Crippen LogP contribution in [0.5, 0.6) is 11.5 Å². The molecule has 134 valence electrons. The van der Waals surface area contributed by atoms with Gasteiger partial charge >= 0.3 is 0 Å². The maximum Gasteiger partial charge on any atom is 0.260 e. The number of carbonyl (C=O) groups excluding carboxylic acids is 2. The highest BCUT2D eigenvalue weighted by atomic mass is 32.2. The van der Waals surface area contributed by atoms with Crippen molar-refractivity contribution in [3.8, 4) is 11.5 Å². The Morgan fingerprint density at radius 2 is 1.92 bits per heavy atom. The molecule has 0 N–H and O–H groups in total. The van der Waals surface area contributed by atoms with Crippen molar-refractivity contribution in [1.29, 1.82) is 0 Å². The molecular weight excluding hydrogens is 340 g/mol. The lowest BCUT2D eigenvalue weighted by Crippen LogP contribution is -2.49. The van der Waals surface area contributed by atoms with Crippen LogP contribution in [0.15, 0.2) is 12.1 Å². The summed E-state index contributed by atoms with van der Waals surface area (Å²) in [6, 6.07) is 3.36. The number of amides is 2. The van der Waals surface area contributed by atoms with E-state index in [9.17, 15) is 9.59 Å². The van der Waals surface area contributed by atoms with E-state index in [1.165, 1.54) is 6.42 Å². The summed E-state index contributed by atoms with van der Waals surface area (Å²) in [7, 11) is 3.10. The highest BCUT2D eigenvalue weighted by Gasteiger charge is 2.51. The molecular formula is C18H22N2O4S. The molecule has 1 aromatic rings. The fourth-order valence-electron chi connectivity index (χ4n) is 4.01. The van der Waals surface area contributed by atoms with Gasteiger partial charge in [0.25, 0.3) is 5.91 Å². The minimum absolute atomic E-state index is 0.0850. The molecule has 7 heteroatoms. The van der Waals surface area contributed by atoms with Gasteiger partial charge in [0.1, 0.15) is 11.4 Å². The van der Waals surface area contributed by atoms with E-state index in [4.69, 9.17) is 9.47 Å². The molecule has 0 spiro atoms. The van der Waals surface area contributed by atoms with Crippen molar-refractivity contribution in [2.75, 3.05) is 33.1 Å². The number of thioether (sulfide) groups is 1. The first-order valence-electron chi connectivity index (χ1n) is 8.65. The second-order valence-corrected chi connectivity index (χ2v) is 7.68. The van der Waals surface area contributed by atoms with Crippen LogP contribution in [0, 0.1) is 0 Å². The van der Waals surface area contributed by atoms with Crippen LogP contribution in [0.4, 0.5) is 0 Å². The summed E-state index contributed by atoms with van der Waals surface area (Å²) in [5, 5.41) is -0.110. The average molecular weight is 362 g/mol. The quantitative estimate of drug-likeness (QED) is 0.826. The number of benzene rings is 1. The van der Waals surface area contributed by atoms with Gasteiger partial charge in [0, 0.05) is 24.4 Å². The monoisotopic (exact) mass is 362 g/mol. The number of piperidine rings is 1. The van der Waals surface area contributed by atoms with Crippen LogP contribution in [0.1, 0.15) is 40.6 Å². The first kappa shape index (κ1) is 16.6. The fraction of sp³-hybridized carbons (Fsp3) is 0.556. The summed E-state index contributed by atoms with van der Waals surface area (Å²) >= 11 is 1.65. The number of methoxy groups -OCH3 is 2. The lowest BCUT2D eigenvalue weighted by atomic mass is 10.1. The lowest BCUT2D eigenvalue weighted by molar-refractivity contribution is -0.136. The van der Waals surface area contributed by atoms with Crippen LogP contribution in [0.2, 0.25) is 0 Å². The SMILES string of the molecule is COc1ccc2c(c1OC)C(=O)N1[C@@H](C(=O)N3CCCCC3)CS[C@@H]21. The molecule has 0 aromatic heterocycles. The molecule has 0 radical (unpaired) electrons. The third-order valence-electron chi connectivity index (χ3n) is 5.25. The predicted molar refractivity (Wildman–Crippen MR) is 95.1 cm³/mol. The van der Waals surface area contributed by atoms with Gasteiger partial charge < -0.3 is 19.3 Å². The second kappa shape index (κ2) is 6.44. The lowest BCUT2D eigenvalue weighted by Gasteiger charge is -2.32. The summed E-state index contributed by atoms with van der Waals surface area (Å²) in [4.78, 5) is 29.8. The van der Waals surface area contributed by atoms with E-state index in [1.54, 1.807) is 30.9 Å². The number of fused-ring (bicyclic) bond motifs is 3. The Balaban J connectivity index is 1.66. The molecule has 1 aromatic carbocycles. The fourth-order valence-corrected chi connectivity index (χ4v) is 5.45. The van der Waals surface area contributed by atoms with E-state index in [-0.39, 0.29) is 23.2 Å². The normalized spacial score (nSPS) is 25.0. The first-order chi connectivity index (χ1) is 12.2. The van der Waals surface area contributed by atoms with Crippen molar-refractivity contribution in [2.24, 2.45) is 0 Å². The number of hydrogen-bond donors (Lipinski definition) is 0. The molecule has 2 atom stereocenters. The summed E-state index contributed by atoms with van der Waals surface area (Å²) in [5.74, 6) is 1.61. The predicted octanol–water partition coefficient (Wildman–Crippen LogP) is 2.29. The van der Waals surface area contributed by atoms with Crippen LogP contribution in [0.3, 0.4) is 0 Å². The first-order valence-corrected chi connectivity index (χ1v) is 9.70. The molecule has 0 aliphatic carbocycles. The Morgan fingerprint density at radius 3 is 2.60 bits per heavy atom. The molecule has 2 fully saturated rings. The standard InChI is InChI=1S/C18H22N2O4S/c1-23-13-7-6-11-14(15(13)24-2)17(22)20-12(10-25-18(11)20)16(21)19-8-4-3-5-9-19/h6-7,12,18H,3-5,8-10H2,1-2H3/t12-,18+/m1/s1. The minimum atomic E-state index is -0.385. The molecule has 6 nitrogen and oxygen atoms in total. The molecule has 4 rings (SSSR count). The van der Waals surface area contributed by atoms with Crippen LogP contribution >= 0.6 is 11.8 Å². The van der Waals surface area contributed by atoms with Gasteiger partial charge in [-0.2, -0.15) is 0 Å². The number of hydrogen-bond acceptors (Lipinski definition) is 5. The third-order valence-corrected chi connectivity index (χ3v) is 6.55. The zero-order valence-corrected chi connectivity index (χ0v) is 15.3. The van der Waals surface area contributed by atoms with Crippen LogP contribution in [0.25, 0.3) is 0 Å². The molecule has 3 heterocycles. The Bertz CT molecular complexity index is 717. The summed E-state index contributed by atoms with van der Waals surface area (Å²) in [6.07, 6.45) is 3.28. The van der Waals surface area contributed by atoms with Crippen molar-refractivity contribution in [3.63, 3.8) is 0 Å². The van der Waals surface area contributed by atoms with Gasteiger partial charge in [-0.3, -0.25) is 9.59 Å². The van der Waals surface area contributed by atoms with Crippen molar-refractivity contribution >= 4 is 23.6 Å². The Kier molecular flexibility index (Phi) is 4.27. The van der Waals surface area contributed by atoms with E-state index in [1.807, 2.05) is 17.0 Å². The van der Waals surface area contributed by atoms with E-state index in [0.717, 1.165) is 31.5 Å². The maximum absolute atomic E-state index is 13.1. The zero-order chi connectivity index (χ0) is 17.6. The van der Waals surface area contributed by atoms with Gasteiger partial charge in [0.2, 0.25) is 5.91 Å². The summed E-state index contributed by atoms with van der Waals surface area (Å²) in [6.45, 7) is 1.60. The van der Waals surface area contributed by atoms with Crippen LogP contribution in [-0.4, -0.2) is 60.7 Å². The topological polar surface area (TPSA) is 59.1 Å². The number of nitrogens with zero attached hydrogens (tertiary/aromatic N) is 2. The van der Waals surface area contributed by atoms with Crippen molar-refractivity contribution in [1.82, 2.24) is 9.80 Å². The van der Waals surface area contributed by atoms with E-state index in [0.29, 0.717) is 22.8 Å². The Labute approximate surface area is 151 Å². The maximum atomic E-state index is 13.1. The van der Waals surface area contributed by atoms with Gasteiger partial charge in [-0.1, -0.05) is 6.07 Å². The number of carbonyl (C=O) groups is 2. The number of rotatable bonds is 3. The highest BCUT2D eigenvalue weighted by molar-refractivity contribution is 7.99. The van der Waals surface area contributed by atoms with Crippen LogP contribution < -0.4 is 9.47 Å². The van der Waals surface area contributed by atoms with E-state index < -0.39 is 0 Å². The number of ether oxygens (including phenoxy) is 2. The van der Waals surface area contributed by atoms with E-state index >= 15 is 0 Å². The molecule has 2 amide bonds. The van der Waals surface area contributed by atoms with Gasteiger partial charge in [-0.25, -0.2) is 0 Å². The van der Waals surface area contributed by atoms with Gasteiger partial charge in [0.05, 0.1) is 19.8 Å². The Hall–Kier alpha value is -1.89. The molecule has 0 bridgehead atoms. The van der Waals surface area contributed by atoms with Gasteiger partial charge in [-0.15, -0.1) is 11.8 Å². The van der Waals surface area contributed by atoms with Gasteiger partial charge in [-0.05, 0) is 25.3 Å². The smallest absolute Gasteiger partial charge is 0.260 e. The largest absolute Gasteiger partial charge is 0.493 e. The van der Waals surface area contributed by atoms with Gasteiger partial charge in [0.15, 0.2) is 11.5 Å². The minimum Gasteiger partial charge on any atom is -0.493 e. The van der Waals surface area contributed by atoms with Crippen molar-refractivity contribution in [2.45, 2.75) is 30.7 Å². The third kappa shape index (κ3) is 2.47. The average Bonchev–Trinajstić information content (AvgIpc) is 3.21.